The van der Waals surface area contributed by atoms with Gasteiger partial charge in [0, 0.05) is 31.7 Å². The Balaban J connectivity index is 1.46. The number of nitrogens with zero attached hydrogens (tertiary/aromatic N) is 6. The highest BCUT2D eigenvalue weighted by molar-refractivity contribution is 5.94. The molecule has 0 radical (unpaired) electrons. The summed E-state index contributed by atoms with van der Waals surface area (Å²) >= 11 is 0. The van der Waals surface area contributed by atoms with Gasteiger partial charge >= 0.3 is 0 Å². The molecule has 2 aromatic carbocycles. The maximum atomic E-state index is 13.1. The summed E-state index contributed by atoms with van der Waals surface area (Å²) in [5.41, 5.74) is 1.43. The predicted octanol–water partition coefficient (Wildman–Crippen LogP) is 2.71. The minimum absolute atomic E-state index is 0.00563. The van der Waals surface area contributed by atoms with Gasteiger partial charge in [-0.1, -0.05) is 18.2 Å². The average molecular weight is 394 g/mol. The van der Waals surface area contributed by atoms with Crippen LogP contribution < -0.4 is 0 Å². The summed E-state index contributed by atoms with van der Waals surface area (Å²) in [6.45, 7) is 4.92. The van der Waals surface area contributed by atoms with Crippen LogP contribution in [0.3, 0.4) is 0 Å². The third kappa shape index (κ3) is 4.17. The second-order valence-electron chi connectivity index (χ2n) is 7.15. The molecule has 4 rings (SSSR count). The number of carbonyl (C=O) groups excluding carboxylic acids is 1. The molecule has 0 N–H and O–H groups in total. The van der Waals surface area contributed by atoms with Crippen molar-refractivity contribution >= 4 is 5.91 Å². The van der Waals surface area contributed by atoms with Crippen LogP contribution in [0.2, 0.25) is 0 Å². The highest BCUT2D eigenvalue weighted by atomic mass is 19.1. The van der Waals surface area contributed by atoms with E-state index in [0.29, 0.717) is 18.7 Å². The highest BCUT2D eigenvalue weighted by Gasteiger charge is 2.26. The van der Waals surface area contributed by atoms with Crippen LogP contribution in [-0.2, 0) is 0 Å². The molecule has 1 aliphatic rings. The normalized spacial score (nSPS) is 16.4. The van der Waals surface area contributed by atoms with Crippen LogP contribution in [0.4, 0.5) is 4.39 Å². The standard InChI is InChI=1S/C21H23FN6O/c1-16(20-23-24-25-28(20)19-6-3-2-4-7-19)26-12-5-13-27(15-14-26)21(29)17-8-10-18(22)11-9-17/h2-4,6-11,16H,5,12-15H2,1H3. The number of aromatic nitrogens is 4. The van der Waals surface area contributed by atoms with Gasteiger partial charge in [0.2, 0.25) is 0 Å². The van der Waals surface area contributed by atoms with Crippen LogP contribution in [0.15, 0.2) is 54.6 Å². The van der Waals surface area contributed by atoms with Gasteiger partial charge < -0.3 is 4.90 Å². The van der Waals surface area contributed by atoms with Gasteiger partial charge in [-0.05, 0) is 60.2 Å². The first-order valence-corrected chi connectivity index (χ1v) is 9.76. The zero-order chi connectivity index (χ0) is 20.2. The van der Waals surface area contributed by atoms with Crippen LogP contribution in [0.1, 0.15) is 35.6 Å². The number of halogens is 1. The highest BCUT2D eigenvalue weighted by Crippen LogP contribution is 2.22. The van der Waals surface area contributed by atoms with E-state index in [1.807, 2.05) is 35.2 Å². The van der Waals surface area contributed by atoms with Crippen molar-refractivity contribution in [1.29, 1.82) is 0 Å². The van der Waals surface area contributed by atoms with Crippen molar-refractivity contribution < 1.29 is 9.18 Å². The van der Waals surface area contributed by atoms with Gasteiger partial charge in [-0.25, -0.2) is 4.39 Å². The van der Waals surface area contributed by atoms with E-state index in [2.05, 4.69) is 27.3 Å². The van der Waals surface area contributed by atoms with Gasteiger partial charge in [-0.15, -0.1) is 5.10 Å². The van der Waals surface area contributed by atoms with Crippen LogP contribution in [0.25, 0.3) is 5.69 Å². The van der Waals surface area contributed by atoms with Crippen LogP contribution in [0.5, 0.6) is 0 Å². The number of rotatable bonds is 4. The molecule has 150 valence electrons. The third-order valence-electron chi connectivity index (χ3n) is 5.32. The van der Waals surface area contributed by atoms with E-state index >= 15 is 0 Å². The molecule has 1 aliphatic heterocycles. The smallest absolute Gasteiger partial charge is 0.253 e. The number of benzene rings is 2. The quantitative estimate of drug-likeness (QED) is 0.681. The fourth-order valence-corrected chi connectivity index (χ4v) is 3.67. The Hall–Kier alpha value is -3.13. The van der Waals surface area contributed by atoms with Crippen LogP contribution >= 0.6 is 0 Å². The van der Waals surface area contributed by atoms with Crippen LogP contribution in [-0.4, -0.2) is 62.1 Å². The molecule has 0 aliphatic carbocycles. The Morgan fingerprint density at radius 2 is 1.76 bits per heavy atom. The number of tetrazole rings is 1. The van der Waals surface area contributed by atoms with Gasteiger partial charge in [0.05, 0.1) is 11.7 Å². The first kappa shape index (κ1) is 19.2. The van der Waals surface area contributed by atoms with Gasteiger partial charge in [-0.2, -0.15) is 4.68 Å². The molecule has 0 spiro atoms. The van der Waals surface area contributed by atoms with Crippen molar-refractivity contribution in [1.82, 2.24) is 30.0 Å². The maximum absolute atomic E-state index is 13.1. The van der Waals surface area contributed by atoms with Gasteiger partial charge in [0.25, 0.3) is 5.91 Å². The molecule has 7 nitrogen and oxygen atoms in total. The fraction of sp³-hybridized carbons (Fsp3) is 0.333. The zero-order valence-corrected chi connectivity index (χ0v) is 16.3. The zero-order valence-electron chi connectivity index (χ0n) is 16.3. The molecular formula is C21H23FN6O. The van der Waals surface area contributed by atoms with Crippen molar-refractivity contribution in [2.45, 2.75) is 19.4 Å². The molecule has 1 amide bonds. The molecule has 2 heterocycles. The first-order chi connectivity index (χ1) is 14.1. The summed E-state index contributed by atoms with van der Waals surface area (Å²) in [5.74, 6) is 0.372. The number of para-hydroxylation sites is 1. The summed E-state index contributed by atoms with van der Waals surface area (Å²) in [6, 6.07) is 15.5. The topological polar surface area (TPSA) is 67.2 Å². The molecule has 0 bridgehead atoms. The molecule has 8 heteroatoms. The van der Waals surface area contributed by atoms with Gasteiger partial charge in [-0.3, -0.25) is 9.69 Å². The SMILES string of the molecule is CC(c1nnnn1-c1ccccc1)N1CCCN(C(=O)c2ccc(F)cc2)CC1. The summed E-state index contributed by atoms with van der Waals surface area (Å²) in [5, 5.41) is 12.3. The lowest BCUT2D eigenvalue weighted by atomic mass is 10.2. The minimum Gasteiger partial charge on any atom is -0.337 e. The summed E-state index contributed by atoms with van der Waals surface area (Å²) < 4.78 is 14.9. The lowest BCUT2D eigenvalue weighted by Crippen LogP contribution is -2.36. The van der Waals surface area contributed by atoms with E-state index in [1.165, 1.54) is 24.3 Å². The monoisotopic (exact) mass is 394 g/mol. The maximum Gasteiger partial charge on any atom is 0.253 e. The molecule has 1 aromatic heterocycles. The number of hydrogen-bond acceptors (Lipinski definition) is 5. The largest absolute Gasteiger partial charge is 0.337 e. The van der Waals surface area contributed by atoms with Crippen molar-refractivity contribution in [2.75, 3.05) is 26.2 Å². The summed E-state index contributed by atoms with van der Waals surface area (Å²) in [7, 11) is 0. The van der Waals surface area contributed by atoms with Crippen molar-refractivity contribution in [3.8, 4) is 5.69 Å². The van der Waals surface area contributed by atoms with E-state index in [9.17, 15) is 9.18 Å². The molecular weight excluding hydrogens is 371 g/mol. The Morgan fingerprint density at radius 3 is 2.52 bits per heavy atom. The van der Waals surface area contributed by atoms with Crippen molar-refractivity contribution in [2.24, 2.45) is 0 Å². The summed E-state index contributed by atoms with van der Waals surface area (Å²) in [6.07, 6.45) is 0.851. The Labute approximate surface area is 168 Å². The lowest BCUT2D eigenvalue weighted by Gasteiger charge is -2.27. The number of carbonyl (C=O) groups is 1. The minimum atomic E-state index is -0.339. The molecule has 1 atom stereocenters. The number of hydrogen-bond donors (Lipinski definition) is 0. The Morgan fingerprint density at radius 1 is 1.00 bits per heavy atom. The summed E-state index contributed by atoms with van der Waals surface area (Å²) in [4.78, 5) is 16.9. The molecule has 1 saturated heterocycles. The van der Waals surface area contributed by atoms with Crippen molar-refractivity contribution in [3.63, 3.8) is 0 Å². The second kappa shape index (κ2) is 8.48. The van der Waals surface area contributed by atoms with E-state index in [1.54, 1.807) is 4.68 Å². The molecule has 0 saturated carbocycles. The van der Waals surface area contributed by atoms with E-state index in [4.69, 9.17) is 0 Å². The average Bonchev–Trinajstić information content (AvgIpc) is 3.11. The van der Waals surface area contributed by atoms with E-state index in [-0.39, 0.29) is 17.8 Å². The Bertz CT molecular complexity index is 959. The van der Waals surface area contributed by atoms with Gasteiger partial charge in [0.1, 0.15) is 5.82 Å². The first-order valence-electron chi connectivity index (χ1n) is 9.76. The Kier molecular flexibility index (Phi) is 5.62. The molecule has 1 fully saturated rings. The predicted molar refractivity (Wildman–Crippen MR) is 106 cm³/mol. The second-order valence-corrected chi connectivity index (χ2v) is 7.15. The molecule has 3 aromatic rings. The van der Waals surface area contributed by atoms with Gasteiger partial charge in [0.15, 0.2) is 5.82 Å². The fourth-order valence-electron chi connectivity index (χ4n) is 3.67. The van der Waals surface area contributed by atoms with Crippen LogP contribution in [0, 0.1) is 5.82 Å². The van der Waals surface area contributed by atoms with E-state index < -0.39 is 0 Å². The van der Waals surface area contributed by atoms with Crippen molar-refractivity contribution in [3.05, 3.63) is 71.8 Å². The molecule has 1 unspecified atom stereocenters. The number of amides is 1. The van der Waals surface area contributed by atoms with E-state index in [0.717, 1.165) is 31.0 Å². The lowest BCUT2D eigenvalue weighted by molar-refractivity contribution is 0.0758. The third-order valence-corrected chi connectivity index (χ3v) is 5.32. The molecule has 29 heavy (non-hydrogen) atoms.